The molecule has 25 heavy (non-hydrogen) atoms. The third-order valence-corrected chi connectivity index (χ3v) is 4.36. The summed E-state index contributed by atoms with van der Waals surface area (Å²) in [6.45, 7) is 2.15. The van der Waals surface area contributed by atoms with Gasteiger partial charge in [0.1, 0.15) is 12.4 Å². The van der Waals surface area contributed by atoms with Gasteiger partial charge in [0.05, 0.1) is 10.9 Å². The summed E-state index contributed by atoms with van der Waals surface area (Å²) >= 11 is 5.88. The van der Waals surface area contributed by atoms with Gasteiger partial charge in [-0.2, -0.15) is 0 Å². The predicted molar refractivity (Wildman–Crippen MR) is 98.7 cm³/mol. The zero-order valence-corrected chi connectivity index (χ0v) is 14.8. The minimum absolute atomic E-state index is 0.0351. The van der Waals surface area contributed by atoms with Gasteiger partial charge in [-0.15, -0.1) is 0 Å². The average molecular weight is 356 g/mol. The molecule has 0 radical (unpaired) electrons. The third kappa shape index (κ3) is 3.72. The van der Waals surface area contributed by atoms with Crippen molar-refractivity contribution >= 4 is 28.4 Å². The highest BCUT2D eigenvalue weighted by atomic mass is 35.5. The summed E-state index contributed by atoms with van der Waals surface area (Å²) in [5.41, 5.74) is 1.42. The van der Waals surface area contributed by atoms with Crippen LogP contribution in [-0.2, 0) is 17.9 Å². The van der Waals surface area contributed by atoms with Crippen LogP contribution in [0.5, 0.6) is 0 Å². The first kappa shape index (κ1) is 17.2. The van der Waals surface area contributed by atoms with Crippen LogP contribution in [0.25, 0.3) is 10.9 Å². The van der Waals surface area contributed by atoms with Crippen molar-refractivity contribution in [1.82, 2.24) is 14.5 Å². The van der Waals surface area contributed by atoms with Crippen molar-refractivity contribution < 1.29 is 4.79 Å². The number of carbonyl (C=O) groups is 1. The minimum Gasteiger partial charge on any atom is -0.340 e. The molecule has 0 saturated heterocycles. The molecule has 5 nitrogen and oxygen atoms in total. The van der Waals surface area contributed by atoms with Crippen LogP contribution in [0.2, 0.25) is 5.02 Å². The van der Waals surface area contributed by atoms with Crippen LogP contribution in [0.3, 0.4) is 0 Å². The van der Waals surface area contributed by atoms with Crippen molar-refractivity contribution in [2.45, 2.75) is 20.0 Å². The Morgan fingerprint density at radius 3 is 2.56 bits per heavy atom. The van der Waals surface area contributed by atoms with Gasteiger partial charge in [-0.25, -0.2) is 4.98 Å². The number of para-hydroxylation sites is 1. The number of halogens is 1. The number of likely N-dealkylation sites (N-methyl/N-ethyl adjacent to an activating group) is 1. The van der Waals surface area contributed by atoms with E-state index < -0.39 is 0 Å². The molecule has 1 heterocycles. The van der Waals surface area contributed by atoms with Gasteiger partial charge in [0, 0.05) is 18.6 Å². The molecule has 0 unspecified atom stereocenters. The van der Waals surface area contributed by atoms with E-state index in [1.165, 1.54) is 4.57 Å². The molecule has 6 heteroatoms. The molecule has 0 saturated carbocycles. The van der Waals surface area contributed by atoms with E-state index in [2.05, 4.69) is 4.98 Å². The second-order valence-electron chi connectivity index (χ2n) is 5.94. The van der Waals surface area contributed by atoms with E-state index in [0.29, 0.717) is 28.3 Å². The van der Waals surface area contributed by atoms with Crippen LogP contribution in [0.15, 0.2) is 53.3 Å². The molecule has 3 aromatic rings. The fourth-order valence-electron chi connectivity index (χ4n) is 2.67. The molecule has 2 aromatic carbocycles. The van der Waals surface area contributed by atoms with E-state index in [0.717, 1.165) is 5.56 Å². The van der Waals surface area contributed by atoms with Crippen molar-refractivity contribution in [3.63, 3.8) is 0 Å². The number of carbonyl (C=O) groups excluding carboxylic acids is 1. The van der Waals surface area contributed by atoms with Crippen molar-refractivity contribution in [2.75, 3.05) is 7.05 Å². The monoisotopic (exact) mass is 355 g/mol. The predicted octanol–water partition coefficient (Wildman–Crippen LogP) is 3.02. The van der Waals surface area contributed by atoms with Crippen molar-refractivity contribution in [3.05, 3.63) is 75.3 Å². The smallest absolute Gasteiger partial charge is 0.261 e. The number of benzene rings is 2. The van der Waals surface area contributed by atoms with Gasteiger partial charge in [-0.05, 0) is 36.8 Å². The van der Waals surface area contributed by atoms with Crippen LogP contribution in [0.1, 0.15) is 11.4 Å². The number of nitrogens with zero attached hydrogens (tertiary/aromatic N) is 3. The van der Waals surface area contributed by atoms with E-state index in [9.17, 15) is 9.59 Å². The third-order valence-electron chi connectivity index (χ3n) is 4.10. The quantitative estimate of drug-likeness (QED) is 0.723. The normalized spacial score (nSPS) is 10.8. The van der Waals surface area contributed by atoms with Gasteiger partial charge >= 0.3 is 0 Å². The molecular weight excluding hydrogens is 338 g/mol. The van der Waals surface area contributed by atoms with Crippen LogP contribution in [-0.4, -0.2) is 27.4 Å². The molecule has 0 aliphatic carbocycles. The van der Waals surface area contributed by atoms with Crippen LogP contribution < -0.4 is 5.56 Å². The lowest BCUT2D eigenvalue weighted by molar-refractivity contribution is -0.131. The Bertz CT molecular complexity index is 980. The SMILES string of the molecule is Cc1nc2ccccc2c(=O)n1CC(=O)N(C)Cc1ccc(Cl)cc1. The van der Waals surface area contributed by atoms with E-state index >= 15 is 0 Å². The Hall–Kier alpha value is -2.66. The molecule has 0 fully saturated rings. The molecule has 0 aliphatic heterocycles. The zero-order chi connectivity index (χ0) is 18.0. The number of rotatable bonds is 4. The van der Waals surface area contributed by atoms with Crippen LogP contribution in [0.4, 0.5) is 0 Å². The second-order valence-corrected chi connectivity index (χ2v) is 6.38. The fourth-order valence-corrected chi connectivity index (χ4v) is 2.80. The van der Waals surface area contributed by atoms with Gasteiger partial charge in [-0.3, -0.25) is 14.2 Å². The molecule has 0 bridgehead atoms. The van der Waals surface area contributed by atoms with Crippen molar-refractivity contribution in [3.8, 4) is 0 Å². The van der Waals surface area contributed by atoms with Gasteiger partial charge in [-0.1, -0.05) is 35.9 Å². The molecule has 128 valence electrons. The maximum Gasteiger partial charge on any atom is 0.261 e. The van der Waals surface area contributed by atoms with Crippen molar-refractivity contribution in [1.29, 1.82) is 0 Å². The topological polar surface area (TPSA) is 55.2 Å². The van der Waals surface area contributed by atoms with Crippen molar-refractivity contribution in [2.24, 2.45) is 0 Å². The molecule has 0 atom stereocenters. The maximum atomic E-state index is 12.6. The van der Waals surface area contributed by atoms with Gasteiger partial charge < -0.3 is 4.90 Å². The molecule has 1 aromatic heterocycles. The summed E-state index contributed by atoms with van der Waals surface area (Å²) in [7, 11) is 1.71. The summed E-state index contributed by atoms with van der Waals surface area (Å²) in [4.78, 5) is 31.2. The Morgan fingerprint density at radius 2 is 1.84 bits per heavy atom. The first-order chi connectivity index (χ1) is 12.0. The number of aryl methyl sites for hydroxylation is 1. The summed E-state index contributed by atoms with van der Waals surface area (Å²) in [6.07, 6.45) is 0. The number of fused-ring (bicyclic) bond motifs is 1. The lowest BCUT2D eigenvalue weighted by Crippen LogP contribution is -2.35. The number of hydrogen-bond donors (Lipinski definition) is 0. The highest BCUT2D eigenvalue weighted by Crippen LogP contribution is 2.12. The Labute approximate surface area is 150 Å². The lowest BCUT2D eigenvalue weighted by atomic mass is 10.2. The summed E-state index contributed by atoms with van der Waals surface area (Å²) in [6, 6.07) is 14.5. The molecule has 0 spiro atoms. The van der Waals surface area contributed by atoms with Crippen LogP contribution >= 0.6 is 11.6 Å². The largest absolute Gasteiger partial charge is 0.340 e. The minimum atomic E-state index is -0.198. The van der Waals surface area contributed by atoms with Gasteiger partial charge in [0.15, 0.2) is 0 Å². The average Bonchev–Trinajstić information content (AvgIpc) is 2.60. The molecule has 3 rings (SSSR count). The Balaban J connectivity index is 1.81. The Morgan fingerprint density at radius 1 is 1.16 bits per heavy atom. The molecular formula is C19H18ClN3O2. The maximum absolute atomic E-state index is 12.6. The summed E-state index contributed by atoms with van der Waals surface area (Å²) in [5, 5.41) is 1.17. The molecule has 1 amide bonds. The van der Waals surface area contributed by atoms with E-state index in [-0.39, 0.29) is 18.0 Å². The van der Waals surface area contributed by atoms with E-state index in [4.69, 9.17) is 11.6 Å². The van der Waals surface area contributed by atoms with E-state index in [1.807, 2.05) is 18.2 Å². The first-order valence-corrected chi connectivity index (χ1v) is 8.28. The summed E-state index contributed by atoms with van der Waals surface area (Å²) in [5.74, 6) is 0.370. The van der Waals surface area contributed by atoms with E-state index in [1.54, 1.807) is 49.2 Å². The lowest BCUT2D eigenvalue weighted by Gasteiger charge is -2.19. The number of aromatic nitrogens is 2. The highest BCUT2D eigenvalue weighted by Gasteiger charge is 2.14. The van der Waals surface area contributed by atoms with Gasteiger partial charge in [0.2, 0.25) is 5.91 Å². The Kier molecular flexibility index (Phi) is 4.86. The standard InChI is InChI=1S/C19H18ClN3O2/c1-13-21-17-6-4-3-5-16(17)19(25)23(13)12-18(24)22(2)11-14-7-9-15(20)10-8-14/h3-10H,11-12H2,1-2H3. The van der Waals surface area contributed by atoms with Gasteiger partial charge in [0.25, 0.3) is 5.56 Å². The number of hydrogen-bond acceptors (Lipinski definition) is 3. The number of amides is 1. The highest BCUT2D eigenvalue weighted by molar-refractivity contribution is 6.30. The zero-order valence-electron chi connectivity index (χ0n) is 14.1. The fraction of sp³-hybridized carbons (Fsp3) is 0.211. The first-order valence-electron chi connectivity index (χ1n) is 7.90. The summed E-state index contributed by atoms with van der Waals surface area (Å²) < 4.78 is 1.42. The molecule has 0 N–H and O–H groups in total. The van der Waals surface area contributed by atoms with Crippen LogP contribution in [0, 0.1) is 6.92 Å². The molecule has 0 aliphatic rings. The second kappa shape index (κ2) is 7.07.